The average Bonchev–Trinajstić information content (AvgIpc) is 2.64. The number of aromatic carboxylic acids is 1. The molecule has 2 aromatic rings. The van der Waals surface area contributed by atoms with Crippen LogP contribution in [0.3, 0.4) is 0 Å². The second-order valence-electron chi connectivity index (χ2n) is 3.09. The van der Waals surface area contributed by atoms with Crippen LogP contribution in [-0.2, 0) is 0 Å². The van der Waals surface area contributed by atoms with E-state index >= 15 is 0 Å². The summed E-state index contributed by atoms with van der Waals surface area (Å²) in [6, 6.07) is 6.77. The Morgan fingerprint density at radius 2 is 2.12 bits per heavy atom. The Kier molecular flexibility index (Phi) is 3.33. The van der Waals surface area contributed by atoms with Crippen LogP contribution in [0.4, 0.5) is 0 Å². The summed E-state index contributed by atoms with van der Waals surface area (Å²) in [6.07, 6.45) is 0. The van der Waals surface area contributed by atoms with Crippen molar-refractivity contribution in [3.8, 4) is 10.4 Å². The Balaban J connectivity index is 2.65. The molecule has 0 saturated carbocycles. The Bertz CT molecular complexity index is 551. The van der Waals surface area contributed by atoms with Crippen LogP contribution in [0, 0.1) is 0 Å². The minimum atomic E-state index is -0.974. The maximum absolute atomic E-state index is 11.1. The third-order valence-corrected chi connectivity index (χ3v) is 4.18. The molecule has 1 heterocycles. The molecule has 0 aliphatic carbocycles. The topological polar surface area (TPSA) is 37.3 Å². The van der Waals surface area contributed by atoms with Crippen molar-refractivity contribution in [3.05, 3.63) is 44.7 Å². The molecule has 0 bridgehead atoms. The number of carboxylic acids is 1. The number of hydrogen-bond acceptors (Lipinski definition) is 2. The van der Waals surface area contributed by atoms with Gasteiger partial charge in [0.05, 0.1) is 5.56 Å². The molecule has 0 aliphatic rings. The number of rotatable bonds is 2. The van der Waals surface area contributed by atoms with Gasteiger partial charge in [0.25, 0.3) is 0 Å². The zero-order valence-electron chi connectivity index (χ0n) is 7.91. The van der Waals surface area contributed by atoms with Crippen molar-refractivity contribution in [2.75, 3.05) is 0 Å². The molecule has 16 heavy (non-hydrogen) atoms. The lowest BCUT2D eigenvalue weighted by Gasteiger charge is -2.05. The van der Waals surface area contributed by atoms with Crippen molar-refractivity contribution in [1.29, 1.82) is 0 Å². The Morgan fingerprint density at radius 3 is 2.69 bits per heavy atom. The largest absolute Gasteiger partial charge is 0.478 e. The molecule has 1 aromatic carbocycles. The number of hydrogen-bond donors (Lipinski definition) is 1. The lowest BCUT2D eigenvalue weighted by Crippen LogP contribution is -1.98. The summed E-state index contributed by atoms with van der Waals surface area (Å²) in [5, 5.41) is 11.4. The van der Waals surface area contributed by atoms with E-state index in [2.05, 4.69) is 15.9 Å². The van der Waals surface area contributed by atoms with Gasteiger partial charge in [-0.05, 0) is 39.5 Å². The van der Waals surface area contributed by atoms with E-state index in [9.17, 15) is 4.79 Å². The van der Waals surface area contributed by atoms with Crippen LogP contribution in [0.1, 0.15) is 10.4 Å². The van der Waals surface area contributed by atoms with Crippen molar-refractivity contribution in [3.63, 3.8) is 0 Å². The summed E-state index contributed by atoms with van der Waals surface area (Å²) in [4.78, 5) is 12.0. The zero-order chi connectivity index (χ0) is 11.7. The molecule has 0 fully saturated rings. The molecular weight excluding hydrogens is 312 g/mol. The van der Waals surface area contributed by atoms with Gasteiger partial charge in [0.15, 0.2) is 0 Å². The van der Waals surface area contributed by atoms with Gasteiger partial charge in [-0.1, -0.05) is 17.7 Å². The van der Waals surface area contributed by atoms with Crippen molar-refractivity contribution in [2.24, 2.45) is 0 Å². The van der Waals surface area contributed by atoms with Gasteiger partial charge in [0, 0.05) is 19.9 Å². The molecule has 82 valence electrons. The van der Waals surface area contributed by atoms with Gasteiger partial charge in [-0.3, -0.25) is 0 Å². The Labute approximate surface area is 110 Å². The molecule has 0 radical (unpaired) electrons. The van der Waals surface area contributed by atoms with E-state index in [4.69, 9.17) is 16.7 Å². The first kappa shape index (κ1) is 11.6. The highest BCUT2D eigenvalue weighted by Crippen LogP contribution is 2.36. The second kappa shape index (κ2) is 4.57. The van der Waals surface area contributed by atoms with Crippen molar-refractivity contribution >= 4 is 44.8 Å². The van der Waals surface area contributed by atoms with Crippen LogP contribution >= 0.6 is 38.9 Å². The highest BCUT2D eigenvalue weighted by atomic mass is 79.9. The molecule has 0 amide bonds. The number of halogens is 2. The lowest BCUT2D eigenvalue weighted by atomic mass is 10.1. The molecule has 2 rings (SSSR count). The predicted octanol–water partition coefficient (Wildman–Crippen LogP) is 4.53. The maximum Gasteiger partial charge on any atom is 0.336 e. The standard InChI is InChI=1S/C11H6BrClO2S/c12-9-3-4-16-10(9)7-2-1-6(13)5-8(7)11(14)15/h1-5H,(H,14,15). The van der Waals surface area contributed by atoms with Gasteiger partial charge in [-0.15, -0.1) is 11.3 Å². The van der Waals surface area contributed by atoms with E-state index in [1.807, 2.05) is 11.4 Å². The molecule has 0 unspecified atom stereocenters. The van der Waals surface area contributed by atoms with Crippen LogP contribution in [0.2, 0.25) is 5.02 Å². The van der Waals surface area contributed by atoms with E-state index in [1.54, 1.807) is 12.1 Å². The summed E-state index contributed by atoms with van der Waals surface area (Å²) < 4.78 is 0.891. The van der Waals surface area contributed by atoms with Gasteiger partial charge in [-0.2, -0.15) is 0 Å². The van der Waals surface area contributed by atoms with Crippen molar-refractivity contribution < 1.29 is 9.90 Å². The third-order valence-electron chi connectivity index (χ3n) is 2.07. The first-order chi connectivity index (χ1) is 7.59. The fraction of sp³-hybridized carbons (Fsp3) is 0. The average molecular weight is 318 g/mol. The lowest BCUT2D eigenvalue weighted by molar-refractivity contribution is 0.0698. The summed E-state index contributed by atoms with van der Waals surface area (Å²) in [6.45, 7) is 0. The van der Waals surface area contributed by atoms with Gasteiger partial charge in [0.2, 0.25) is 0 Å². The summed E-state index contributed by atoms with van der Waals surface area (Å²) in [5.41, 5.74) is 0.898. The van der Waals surface area contributed by atoms with Crippen molar-refractivity contribution in [1.82, 2.24) is 0 Å². The Hall–Kier alpha value is -0.840. The quantitative estimate of drug-likeness (QED) is 0.883. The summed E-state index contributed by atoms with van der Waals surface area (Å²) in [7, 11) is 0. The number of thiophene rings is 1. The molecule has 1 aromatic heterocycles. The van der Waals surface area contributed by atoms with E-state index < -0.39 is 5.97 Å². The second-order valence-corrected chi connectivity index (χ2v) is 5.30. The SMILES string of the molecule is O=C(O)c1cc(Cl)ccc1-c1sccc1Br. The van der Waals surface area contributed by atoms with E-state index in [0.717, 1.165) is 9.35 Å². The predicted molar refractivity (Wildman–Crippen MR) is 69.4 cm³/mol. The number of carbonyl (C=O) groups is 1. The molecule has 0 atom stereocenters. The summed E-state index contributed by atoms with van der Waals surface area (Å²) >= 11 is 10.7. The molecular formula is C11H6BrClO2S. The number of benzene rings is 1. The van der Waals surface area contributed by atoms with Crippen LogP contribution in [0.15, 0.2) is 34.1 Å². The molecule has 0 spiro atoms. The molecule has 0 aliphatic heterocycles. The summed E-state index contributed by atoms with van der Waals surface area (Å²) in [5.74, 6) is -0.974. The molecule has 5 heteroatoms. The first-order valence-electron chi connectivity index (χ1n) is 4.36. The van der Waals surface area contributed by atoms with Gasteiger partial charge in [-0.25, -0.2) is 4.79 Å². The van der Waals surface area contributed by atoms with Crippen LogP contribution in [-0.4, -0.2) is 11.1 Å². The fourth-order valence-electron chi connectivity index (χ4n) is 1.38. The van der Waals surface area contributed by atoms with Crippen molar-refractivity contribution in [2.45, 2.75) is 0 Å². The molecule has 1 N–H and O–H groups in total. The number of carboxylic acid groups (broad SMARTS) is 1. The first-order valence-corrected chi connectivity index (χ1v) is 6.41. The van der Waals surface area contributed by atoms with E-state index in [1.165, 1.54) is 17.4 Å². The van der Waals surface area contributed by atoms with E-state index in [0.29, 0.717) is 10.6 Å². The smallest absolute Gasteiger partial charge is 0.336 e. The van der Waals surface area contributed by atoms with Gasteiger partial charge < -0.3 is 5.11 Å². The van der Waals surface area contributed by atoms with Crippen LogP contribution in [0.25, 0.3) is 10.4 Å². The monoisotopic (exact) mass is 316 g/mol. The molecule has 2 nitrogen and oxygen atoms in total. The minimum Gasteiger partial charge on any atom is -0.478 e. The highest BCUT2D eigenvalue weighted by Gasteiger charge is 2.15. The maximum atomic E-state index is 11.1. The Morgan fingerprint density at radius 1 is 1.38 bits per heavy atom. The minimum absolute atomic E-state index is 0.218. The van der Waals surface area contributed by atoms with Crippen LogP contribution in [0.5, 0.6) is 0 Å². The van der Waals surface area contributed by atoms with E-state index in [-0.39, 0.29) is 5.56 Å². The van der Waals surface area contributed by atoms with Crippen LogP contribution < -0.4 is 0 Å². The molecule has 0 saturated heterocycles. The zero-order valence-corrected chi connectivity index (χ0v) is 11.1. The fourth-order valence-corrected chi connectivity index (χ4v) is 3.18. The van der Waals surface area contributed by atoms with Gasteiger partial charge >= 0.3 is 5.97 Å². The normalized spacial score (nSPS) is 10.4. The highest BCUT2D eigenvalue weighted by molar-refractivity contribution is 9.10. The van der Waals surface area contributed by atoms with Gasteiger partial charge in [0.1, 0.15) is 0 Å². The third kappa shape index (κ3) is 2.14.